The highest BCUT2D eigenvalue weighted by Gasteiger charge is 2.30. The maximum atomic E-state index is 11.0. The van der Waals surface area contributed by atoms with Crippen molar-refractivity contribution in [3.05, 3.63) is 0 Å². The largest absolute Gasteiger partial charge is 0.468 e. The van der Waals surface area contributed by atoms with Gasteiger partial charge in [0.05, 0.1) is 13.8 Å². The van der Waals surface area contributed by atoms with Crippen LogP contribution in [-0.4, -0.2) is 42.4 Å². The van der Waals surface area contributed by atoms with Crippen molar-refractivity contribution in [1.29, 1.82) is 0 Å². The lowest BCUT2D eigenvalue weighted by molar-refractivity contribution is -0.147. The number of rotatable bonds is 2. The number of hydrogen-bond donors (Lipinski definition) is 1. The van der Waals surface area contributed by atoms with E-state index in [9.17, 15) is 4.79 Å². The third kappa shape index (κ3) is 1.70. The summed E-state index contributed by atoms with van der Waals surface area (Å²) in [5.74, 6) is -0.239. The summed E-state index contributed by atoms with van der Waals surface area (Å²) in [4.78, 5) is 12.7. The van der Waals surface area contributed by atoms with Gasteiger partial charge < -0.3 is 9.84 Å². The molecule has 0 bridgehead atoms. The van der Waals surface area contributed by atoms with Crippen molar-refractivity contribution in [2.24, 2.45) is 0 Å². The van der Waals surface area contributed by atoms with Crippen molar-refractivity contribution in [3.63, 3.8) is 0 Å². The molecule has 0 aliphatic carbocycles. The van der Waals surface area contributed by atoms with Crippen LogP contribution >= 0.6 is 0 Å². The predicted octanol–water partition coefficient (Wildman–Crippen LogP) is -0.426. The molecule has 4 heteroatoms. The SMILES string of the molecule is COC(=O)[C@H]1CCCN1CO. The highest BCUT2D eigenvalue weighted by Crippen LogP contribution is 2.16. The lowest BCUT2D eigenvalue weighted by Crippen LogP contribution is -2.37. The lowest BCUT2D eigenvalue weighted by Gasteiger charge is -2.18. The second kappa shape index (κ2) is 3.69. The molecule has 0 aromatic carbocycles. The minimum atomic E-state index is -0.239. The summed E-state index contributed by atoms with van der Waals surface area (Å²) in [5.41, 5.74) is 0. The van der Waals surface area contributed by atoms with Gasteiger partial charge >= 0.3 is 5.97 Å². The van der Waals surface area contributed by atoms with Crippen molar-refractivity contribution in [1.82, 2.24) is 4.90 Å². The van der Waals surface area contributed by atoms with Crippen LogP contribution in [0.1, 0.15) is 12.8 Å². The first-order valence-electron chi connectivity index (χ1n) is 3.72. The van der Waals surface area contributed by atoms with Crippen LogP contribution in [0.4, 0.5) is 0 Å². The number of ether oxygens (including phenoxy) is 1. The first-order chi connectivity index (χ1) is 5.29. The van der Waals surface area contributed by atoms with Gasteiger partial charge in [-0.2, -0.15) is 0 Å². The molecule has 1 rings (SSSR count). The standard InChI is InChI=1S/C7H13NO3/c1-11-7(10)6-3-2-4-8(6)5-9/h6,9H,2-5H2,1H3/t6-/m1/s1. The average Bonchev–Trinajstić information content (AvgIpc) is 2.50. The monoisotopic (exact) mass is 159 g/mol. The smallest absolute Gasteiger partial charge is 0.323 e. The van der Waals surface area contributed by atoms with Crippen LogP contribution in [0.15, 0.2) is 0 Å². The van der Waals surface area contributed by atoms with Crippen LogP contribution in [-0.2, 0) is 9.53 Å². The van der Waals surface area contributed by atoms with E-state index in [1.54, 1.807) is 4.90 Å². The lowest BCUT2D eigenvalue weighted by atomic mass is 10.2. The molecule has 1 N–H and O–H groups in total. The number of carbonyl (C=O) groups excluding carboxylic acids is 1. The quantitative estimate of drug-likeness (QED) is 0.556. The zero-order chi connectivity index (χ0) is 8.27. The number of aliphatic hydroxyl groups excluding tert-OH is 1. The van der Waals surface area contributed by atoms with Crippen LogP contribution in [0.2, 0.25) is 0 Å². The molecule has 0 saturated carbocycles. The van der Waals surface area contributed by atoms with Crippen LogP contribution in [0, 0.1) is 0 Å². The molecule has 1 aliphatic heterocycles. The highest BCUT2D eigenvalue weighted by molar-refractivity contribution is 5.75. The van der Waals surface area contributed by atoms with Crippen molar-refractivity contribution >= 4 is 5.97 Å². The summed E-state index contributed by atoms with van der Waals surface area (Å²) in [6.07, 6.45) is 1.76. The summed E-state index contributed by atoms with van der Waals surface area (Å²) in [6, 6.07) is -0.218. The van der Waals surface area contributed by atoms with Gasteiger partial charge in [0.1, 0.15) is 6.04 Å². The zero-order valence-corrected chi connectivity index (χ0v) is 6.62. The van der Waals surface area contributed by atoms with Gasteiger partial charge in [-0.3, -0.25) is 9.69 Å². The Balaban J connectivity index is 2.49. The molecular weight excluding hydrogens is 146 g/mol. The van der Waals surface area contributed by atoms with Crippen LogP contribution in [0.5, 0.6) is 0 Å². The van der Waals surface area contributed by atoms with Crippen LogP contribution < -0.4 is 0 Å². The number of carbonyl (C=O) groups is 1. The third-order valence-corrected chi connectivity index (χ3v) is 2.02. The van der Waals surface area contributed by atoms with Crippen molar-refractivity contribution in [2.75, 3.05) is 20.4 Å². The summed E-state index contributed by atoms with van der Waals surface area (Å²) in [6.45, 7) is 0.732. The minimum Gasteiger partial charge on any atom is -0.468 e. The summed E-state index contributed by atoms with van der Waals surface area (Å²) >= 11 is 0. The number of methoxy groups -OCH3 is 1. The van der Waals surface area contributed by atoms with E-state index in [1.165, 1.54) is 7.11 Å². The fourth-order valence-electron chi connectivity index (χ4n) is 1.40. The van der Waals surface area contributed by atoms with Crippen molar-refractivity contribution in [3.8, 4) is 0 Å². The van der Waals surface area contributed by atoms with Gasteiger partial charge in [0.2, 0.25) is 0 Å². The summed E-state index contributed by atoms with van der Waals surface area (Å²) in [5, 5.41) is 8.80. The van der Waals surface area contributed by atoms with E-state index in [2.05, 4.69) is 4.74 Å². The average molecular weight is 159 g/mol. The van der Waals surface area contributed by atoms with Gasteiger partial charge in [-0.25, -0.2) is 0 Å². The van der Waals surface area contributed by atoms with E-state index in [0.717, 1.165) is 19.4 Å². The fourth-order valence-corrected chi connectivity index (χ4v) is 1.40. The van der Waals surface area contributed by atoms with Gasteiger partial charge in [-0.15, -0.1) is 0 Å². The molecule has 0 aromatic rings. The molecule has 0 amide bonds. The van der Waals surface area contributed by atoms with E-state index < -0.39 is 0 Å². The summed E-state index contributed by atoms with van der Waals surface area (Å²) in [7, 11) is 1.37. The molecular formula is C7H13NO3. The van der Waals surface area contributed by atoms with E-state index >= 15 is 0 Å². The molecule has 11 heavy (non-hydrogen) atoms. The number of likely N-dealkylation sites (tertiary alicyclic amines) is 1. The second-order valence-electron chi connectivity index (χ2n) is 2.63. The first kappa shape index (κ1) is 8.49. The van der Waals surface area contributed by atoms with E-state index in [-0.39, 0.29) is 18.7 Å². The molecule has 1 saturated heterocycles. The second-order valence-corrected chi connectivity index (χ2v) is 2.63. The molecule has 0 aromatic heterocycles. The van der Waals surface area contributed by atoms with E-state index in [1.807, 2.05) is 0 Å². The maximum absolute atomic E-state index is 11.0. The molecule has 0 spiro atoms. The predicted molar refractivity (Wildman–Crippen MR) is 38.8 cm³/mol. The Morgan fingerprint density at radius 3 is 3.09 bits per heavy atom. The van der Waals surface area contributed by atoms with Crippen molar-refractivity contribution in [2.45, 2.75) is 18.9 Å². The van der Waals surface area contributed by atoms with Crippen LogP contribution in [0.25, 0.3) is 0 Å². The zero-order valence-electron chi connectivity index (χ0n) is 6.62. The van der Waals surface area contributed by atoms with E-state index in [0.29, 0.717) is 0 Å². The molecule has 0 radical (unpaired) electrons. The maximum Gasteiger partial charge on any atom is 0.323 e. The topological polar surface area (TPSA) is 49.8 Å². The van der Waals surface area contributed by atoms with Gasteiger partial charge in [0.25, 0.3) is 0 Å². The Hall–Kier alpha value is -0.610. The summed E-state index contributed by atoms with van der Waals surface area (Å²) < 4.78 is 4.57. The molecule has 1 fully saturated rings. The van der Waals surface area contributed by atoms with Crippen LogP contribution in [0.3, 0.4) is 0 Å². The molecule has 1 aliphatic rings. The Kier molecular flexibility index (Phi) is 2.84. The Labute approximate surface area is 65.8 Å². The van der Waals surface area contributed by atoms with E-state index in [4.69, 9.17) is 5.11 Å². The fraction of sp³-hybridized carbons (Fsp3) is 0.857. The Morgan fingerprint density at radius 1 is 1.82 bits per heavy atom. The number of esters is 1. The van der Waals surface area contributed by atoms with Gasteiger partial charge in [-0.05, 0) is 12.8 Å². The molecule has 1 atom stereocenters. The normalized spacial score (nSPS) is 25.5. The highest BCUT2D eigenvalue weighted by atomic mass is 16.5. The number of aliphatic hydroxyl groups is 1. The first-order valence-corrected chi connectivity index (χ1v) is 3.72. The molecule has 64 valence electrons. The Bertz CT molecular complexity index is 149. The third-order valence-electron chi connectivity index (χ3n) is 2.02. The number of nitrogens with zero attached hydrogens (tertiary/aromatic N) is 1. The molecule has 4 nitrogen and oxygen atoms in total. The minimum absolute atomic E-state index is 0.0558. The van der Waals surface area contributed by atoms with Gasteiger partial charge in [-0.1, -0.05) is 0 Å². The Morgan fingerprint density at radius 2 is 2.55 bits per heavy atom. The van der Waals surface area contributed by atoms with Gasteiger partial charge in [0.15, 0.2) is 0 Å². The number of hydrogen-bond acceptors (Lipinski definition) is 4. The molecule has 1 heterocycles. The molecule has 0 unspecified atom stereocenters. The van der Waals surface area contributed by atoms with Crippen molar-refractivity contribution < 1.29 is 14.6 Å². The van der Waals surface area contributed by atoms with Gasteiger partial charge in [0, 0.05) is 6.54 Å².